The summed E-state index contributed by atoms with van der Waals surface area (Å²) in [5.41, 5.74) is 6.86. The van der Waals surface area contributed by atoms with Crippen LogP contribution in [0.5, 0.6) is 5.75 Å². The summed E-state index contributed by atoms with van der Waals surface area (Å²) in [5.74, 6) is -0.990. The van der Waals surface area contributed by atoms with Crippen molar-refractivity contribution in [1.82, 2.24) is 0 Å². The number of hydrogen-bond acceptors (Lipinski definition) is 5. The summed E-state index contributed by atoms with van der Waals surface area (Å²) in [6.07, 6.45) is 0. The number of phenolic OH excluding ortho intramolecular Hbond substituents is 1. The molecule has 6 heteroatoms. The van der Waals surface area contributed by atoms with E-state index in [0.717, 1.165) is 0 Å². The van der Waals surface area contributed by atoms with E-state index in [1.807, 2.05) is 0 Å². The van der Waals surface area contributed by atoms with E-state index in [1.165, 1.54) is 25.3 Å². The Labute approximate surface area is 121 Å². The third-order valence-corrected chi connectivity index (χ3v) is 2.86. The Morgan fingerprint density at radius 1 is 1.10 bits per heavy atom. The first kappa shape index (κ1) is 14.4. The summed E-state index contributed by atoms with van der Waals surface area (Å²) in [6, 6.07) is 10.5. The van der Waals surface area contributed by atoms with Crippen molar-refractivity contribution in [2.75, 3.05) is 18.2 Å². The molecule has 0 aliphatic carbocycles. The maximum absolute atomic E-state index is 12.0. The highest BCUT2D eigenvalue weighted by Crippen LogP contribution is 2.21. The lowest BCUT2D eigenvalue weighted by Gasteiger charge is -2.07. The van der Waals surface area contributed by atoms with Gasteiger partial charge in [-0.05, 0) is 42.5 Å². The van der Waals surface area contributed by atoms with Crippen molar-refractivity contribution in [1.29, 1.82) is 0 Å². The molecule has 21 heavy (non-hydrogen) atoms. The van der Waals surface area contributed by atoms with Crippen molar-refractivity contribution in [2.24, 2.45) is 0 Å². The minimum Gasteiger partial charge on any atom is -0.506 e. The van der Waals surface area contributed by atoms with Gasteiger partial charge in [-0.25, -0.2) is 4.79 Å². The topological polar surface area (TPSA) is 102 Å². The normalized spacial score (nSPS) is 9.95. The molecule has 0 fully saturated rings. The van der Waals surface area contributed by atoms with Gasteiger partial charge in [-0.2, -0.15) is 0 Å². The number of phenols is 1. The van der Waals surface area contributed by atoms with Crippen LogP contribution in [0.25, 0.3) is 0 Å². The molecular formula is C15H14N2O4. The number of anilines is 2. The highest BCUT2D eigenvalue weighted by Gasteiger charge is 2.09. The fraction of sp³-hybridized carbons (Fsp3) is 0.0667. The highest BCUT2D eigenvalue weighted by molar-refractivity contribution is 6.05. The third-order valence-electron chi connectivity index (χ3n) is 2.86. The zero-order valence-electron chi connectivity index (χ0n) is 11.3. The first-order valence-corrected chi connectivity index (χ1v) is 6.09. The van der Waals surface area contributed by atoms with Gasteiger partial charge in [0.2, 0.25) is 0 Å². The van der Waals surface area contributed by atoms with Gasteiger partial charge >= 0.3 is 5.97 Å². The van der Waals surface area contributed by atoms with Gasteiger partial charge in [-0.15, -0.1) is 0 Å². The number of methoxy groups -OCH3 is 1. The quantitative estimate of drug-likeness (QED) is 0.455. The Morgan fingerprint density at radius 2 is 1.71 bits per heavy atom. The van der Waals surface area contributed by atoms with Gasteiger partial charge in [0.1, 0.15) is 5.75 Å². The number of aromatic hydroxyl groups is 1. The molecular weight excluding hydrogens is 272 g/mol. The Balaban J connectivity index is 2.12. The molecule has 4 N–H and O–H groups in total. The maximum atomic E-state index is 12.0. The zero-order valence-corrected chi connectivity index (χ0v) is 11.3. The Bertz CT molecular complexity index is 681. The van der Waals surface area contributed by atoms with Crippen LogP contribution in [0.15, 0.2) is 42.5 Å². The fourth-order valence-corrected chi connectivity index (χ4v) is 1.70. The van der Waals surface area contributed by atoms with Crippen LogP contribution in [0.1, 0.15) is 20.7 Å². The Hall–Kier alpha value is -3.02. The molecule has 2 aromatic carbocycles. The number of nitrogens with two attached hydrogens (primary N) is 1. The van der Waals surface area contributed by atoms with E-state index in [2.05, 4.69) is 10.1 Å². The maximum Gasteiger partial charge on any atom is 0.337 e. The second-order valence-electron chi connectivity index (χ2n) is 4.30. The van der Waals surface area contributed by atoms with Crippen LogP contribution in [0.4, 0.5) is 11.4 Å². The molecule has 108 valence electrons. The molecule has 0 radical (unpaired) electrons. The average molecular weight is 286 g/mol. The van der Waals surface area contributed by atoms with Crippen LogP contribution in [-0.2, 0) is 4.74 Å². The van der Waals surface area contributed by atoms with Crippen LogP contribution in [0, 0.1) is 0 Å². The number of esters is 1. The number of ether oxygens (including phenoxy) is 1. The Kier molecular flexibility index (Phi) is 4.08. The summed E-state index contributed by atoms with van der Waals surface area (Å²) >= 11 is 0. The first-order chi connectivity index (χ1) is 10.0. The molecule has 0 saturated carbocycles. The molecule has 0 aliphatic heterocycles. The molecule has 2 rings (SSSR count). The van der Waals surface area contributed by atoms with Crippen molar-refractivity contribution in [2.45, 2.75) is 0 Å². The number of nitrogens with one attached hydrogen (secondary N) is 1. The fourth-order valence-electron chi connectivity index (χ4n) is 1.70. The largest absolute Gasteiger partial charge is 0.506 e. The number of hydrogen-bond donors (Lipinski definition) is 3. The second kappa shape index (κ2) is 5.96. The van der Waals surface area contributed by atoms with Gasteiger partial charge in [-0.3, -0.25) is 4.79 Å². The van der Waals surface area contributed by atoms with Gasteiger partial charge in [0.05, 0.1) is 18.4 Å². The molecule has 0 aromatic heterocycles. The van der Waals surface area contributed by atoms with Crippen LogP contribution in [0.2, 0.25) is 0 Å². The van der Waals surface area contributed by atoms with Crippen LogP contribution in [0.3, 0.4) is 0 Å². The third kappa shape index (κ3) is 3.30. The number of carbonyl (C=O) groups excluding carboxylic acids is 2. The molecule has 6 nitrogen and oxygen atoms in total. The van der Waals surface area contributed by atoms with E-state index in [4.69, 9.17) is 5.73 Å². The molecule has 2 aromatic rings. The van der Waals surface area contributed by atoms with Gasteiger partial charge in [0.15, 0.2) is 0 Å². The van der Waals surface area contributed by atoms with Crippen molar-refractivity contribution >= 4 is 23.3 Å². The monoisotopic (exact) mass is 286 g/mol. The van der Waals surface area contributed by atoms with Gasteiger partial charge in [0.25, 0.3) is 5.91 Å². The molecule has 0 unspecified atom stereocenters. The van der Waals surface area contributed by atoms with E-state index >= 15 is 0 Å². The minimum absolute atomic E-state index is 0.149. The van der Waals surface area contributed by atoms with E-state index in [0.29, 0.717) is 11.3 Å². The molecule has 0 aliphatic rings. The lowest BCUT2D eigenvalue weighted by Crippen LogP contribution is -2.12. The van der Waals surface area contributed by atoms with Crippen molar-refractivity contribution in [3.05, 3.63) is 53.6 Å². The second-order valence-corrected chi connectivity index (χ2v) is 4.30. The molecule has 0 bridgehead atoms. The van der Waals surface area contributed by atoms with Gasteiger partial charge < -0.3 is 20.9 Å². The smallest absolute Gasteiger partial charge is 0.337 e. The van der Waals surface area contributed by atoms with Crippen molar-refractivity contribution in [3.8, 4) is 5.75 Å². The molecule has 0 atom stereocenters. The number of benzene rings is 2. The van der Waals surface area contributed by atoms with Crippen molar-refractivity contribution in [3.63, 3.8) is 0 Å². The highest BCUT2D eigenvalue weighted by atomic mass is 16.5. The van der Waals surface area contributed by atoms with E-state index < -0.39 is 11.9 Å². The predicted octanol–water partition coefficient (Wildman–Crippen LogP) is 2.01. The van der Waals surface area contributed by atoms with E-state index in [-0.39, 0.29) is 17.0 Å². The molecule has 0 saturated heterocycles. The van der Waals surface area contributed by atoms with Gasteiger partial charge in [0, 0.05) is 11.3 Å². The van der Waals surface area contributed by atoms with Crippen LogP contribution in [-0.4, -0.2) is 24.1 Å². The SMILES string of the molecule is COC(=O)c1ccc(NC(=O)c2ccc(N)c(O)c2)cc1. The summed E-state index contributed by atoms with van der Waals surface area (Å²) < 4.78 is 4.59. The summed E-state index contributed by atoms with van der Waals surface area (Å²) in [6.45, 7) is 0. The summed E-state index contributed by atoms with van der Waals surface area (Å²) in [4.78, 5) is 23.3. The first-order valence-electron chi connectivity index (χ1n) is 6.09. The predicted molar refractivity (Wildman–Crippen MR) is 78.3 cm³/mol. The summed E-state index contributed by atoms with van der Waals surface area (Å²) in [5, 5.41) is 12.1. The number of amides is 1. The number of nitrogen functional groups attached to an aromatic ring is 1. The van der Waals surface area contributed by atoms with E-state index in [1.54, 1.807) is 24.3 Å². The standard InChI is InChI=1S/C15H14N2O4/c1-21-15(20)9-2-5-11(6-3-9)17-14(19)10-4-7-12(16)13(18)8-10/h2-8,18H,16H2,1H3,(H,17,19). The van der Waals surface area contributed by atoms with Crippen molar-refractivity contribution < 1.29 is 19.4 Å². The van der Waals surface area contributed by atoms with Crippen LogP contribution >= 0.6 is 0 Å². The van der Waals surface area contributed by atoms with Crippen LogP contribution < -0.4 is 11.1 Å². The minimum atomic E-state index is -0.448. The molecule has 1 amide bonds. The molecule has 0 heterocycles. The lowest BCUT2D eigenvalue weighted by atomic mass is 10.1. The Morgan fingerprint density at radius 3 is 2.29 bits per heavy atom. The van der Waals surface area contributed by atoms with Gasteiger partial charge in [-0.1, -0.05) is 0 Å². The zero-order chi connectivity index (χ0) is 15.4. The lowest BCUT2D eigenvalue weighted by molar-refractivity contribution is 0.0600. The number of carbonyl (C=O) groups is 2. The average Bonchev–Trinajstić information content (AvgIpc) is 2.50. The molecule has 0 spiro atoms. The van der Waals surface area contributed by atoms with E-state index in [9.17, 15) is 14.7 Å². The number of rotatable bonds is 3. The summed E-state index contributed by atoms with van der Waals surface area (Å²) in [7, 11) is 1.30.